The van der Waals surface area contributed by atoms with Crippen molar-refractivity contribution in [2.45, 2.75) is 13.0 Å². The van der Waals surface area contributed by atoms with E-state index in [9.17, 15) is 5.26 Å². The minimum Gasteiger partial charge on any atom is -0.497 e. The van der Waals surface area contributed by atoms with Crippen LogP contribution in [0.25, 0.3) is 11.7 Å². The fourth-order valence-corrected chi connectivity index (χ4v) is 2.98. The van der Waals surface area contributed by atoms with Crippen LogP contribution < -0.4 is 14.8 Å². The number of furan rings is 1. The lowest BCUT2D eigenvalue weighted by atomic mass is 10.1. The van der Waals surface area contributed by atoms with Gasteiger partial charge in [-0.15, -0.1) is 0 Å². The molecule has 2 aromatic carbocycles. The third kappa shape index (κ3) is 5.06. The summed E-state index contributed by atoms with van der Waals surface area (Å²) in [7, 11) is 1.64. The number of ether oxygens (including phenoxy) is 2. The van der Waals surface area contributed by atoms with Crippen LogP contribution in [-0.4, -0.2) is 18.6 Å². The van der Waals surface area contributed by atoms with Crippen LogP contribution in [0.15, 0.2) is 75.6 Å². The third-order valence-corrected chi connectivity index (χ3v) is 4.59. The van der Waals surface area contributed by atoms with E-state index >= 15 is 0 Å². The highest BCUT2D eigenvalue weighted by Crippen LogP contribution is 2.27. The molecule has 0 saturated heterocycles. The van der Waals surface area contributed by atoms with Gasteiger partial charge in [-0.2, -0.15) is 10.2 Å². The maximum Gasteiger partial charge on any atom is 0.266 e. The lowest BCUT2D eigenvalue weighted by Crippen LogP contribution is -2.05. The summed E-state index contributed by atoms with van der Waals surface area (Å²) in [6, 6.07) is 22.9. The second kappa shape index (κ2) is 9.55. The van der Waals surface area contributed by atoms with Crippen molar-refractivity contribution < 1.29 is 18.3 Å². The highest BCUT2D eigenvalue weighted by Gasteiger charge is 2.17. The summed E-state index contributed by atoms with van der Waals surface area (Å²) in [5.41, 5.74) is 1.32. The van der Waals surface area contributed by atoms with Gasteiger partial charge in [-0.05, 0) is 48.4 Å². The highest BCUT2D eigenvalue weighted by molar-refractivity contribution is 5.54. The number of hydrogen-bond acceptors (Lipinski definition) is 7. The highest BCUT2D eigenvalue weighted by atomic mass is 16.5. The van der Waals surface area contributed by atoms with Gasteiger partial charge < -0.3 is 23.6 Å². The quantitative estimate of drug-likeness (QED) is 0.409. The van der Waals surface area contributed by atoms with Crippen LogP contribution >= 0.6 is 0 Å². The molecule has 0 unspecified atom stereocenters. The molecule has 31 heavy (non-hydrogen) atoms. The Kier molecular flexibility index (Phi) is 6.19. The minimum atomic E-state index is 0.184. The van der Waals surface area contributed by atoms with Crippen LogP contribution in [0.3, 0.4) is 0 Å². The average Bonchev–Trinajstić information content (AvgIpc) is 3.46. The molecule has 0 aliphatic carbocycles. The number of anilines is 1. The van der Waals surface area contributed by atoms with Crippen molar-refractivity contribution in [1.29, 1.82) is 5.26 Å². The molecular weight excluding hydrogens is 394 g/mol. The van der Waals surface area contributed by atoms with E-state index in [2.05, 4.69) is 16.4 Å². The van der Waals surface area contributed by atoms with E-state index in [-0.39, 0.29) is 18.2 Å². The van der Waals surface area contributed by atoms with Crippen LogP contribution in [0.4, 0.5) is 5.88 Å². The first kappa shape index (κ1) is 20.1. The predicted molar refractivity (Wildman–Crippen MR) is 115 cm³/mol. The molecule has 2 aromatic heterocycles. The smallest absolute Gasteiger partial charge is 0.266 e. The summed E-state index contributed by atoms with van der Waals surface area (Å²) in [6.45, 7) is 0.868. The second-order valence-corrected chi connectivity index (χ2v) is 6.70. The minimum absolute atomic E-state index is 0.184. The van der Waals surface area contributed by atoms with Crippen LogP contribution in [0.2, 0.25) is 0 Å². The van der Waals surface area contributed by atoms with Gasteiger partial charge in [0.2, 0.25) is 11.6 Å². The van der Waals surface area contributed by atoms with Crippen LogP contribution in [0.1, 0.15) is 17.0 Å². The maximum absolute atomic E-state index is 9.39. The van der Waals surface area contributed by atoms with Crippen molar-refractivity contribution in [3.8, 4) is 29.2 Å². The van der Waals surface area contributed by atoms with Crippen molar-refractivity contribution in [2.24, 2.45) is 0 Å². The predicted octanol–water partition coefficient (Wildman–Crippen LogP) is 5.05. The molecule has 0 bridgehead atoms. The first-order valence-electron chi connectivity index (χ1n) is 9.80. The molecule has 0 amide bonds. The van der Waals surface area contributed by atoms with Crippen molar-refractivity contribution in [2.75, 3.05) is 19.0 Å². The van der Waals surface area contributed by atoms with Gasteiger partial charge in [0.05, 0.1) is 7.11 Å². The van der Waals surface area contributed by atoms with E-state index in [1.807, 2.05) is 54.6 Å². The van der Waals surface area contributed by atoms with E-state index in [4.69, 9.17) is 18.3 Å². The Bertz CT molecular complexity index is 1160. The number of methoxy groups -OCH3 is 1. The van der Waals surface area contributed by atoms with Gasteiger partial charge in [-0.1, -0.05) is 30.3 Å². The molecule has 0 spiro atoms. The number of para-hydroxylation sites is 1. The first-order valence-corrected chi connectivity index (χ1v) is 9.80. The molecule has 2 heterocycles. The number of rotatable bonds is 9. The second-order valence-electron chi connectivity index (χ2n) is 6.70. The van der Waals surface area contributed by atoms with Gasteiger partial charge in [0.15, 0.2) is 5.76 Å². The Morgan fingerprint density at radius 1 is 0.968 bits per heavy atom. The number of nitrogens with zero attached hydrogens (tertiary/aromatic N) is 2. The van der Waals surface area contributed by atoms with Gasteiger partial charge >= 0.3 is 0 Å². The van der Waals surface area contributed by atoms with E-state index in [1.165, 1.54) is 0 Å². The number of hydrogen-bond donors (Lipinski definition) is 1. The van der Waals surface area contributed by atoms with Crippen LogP contribution in [0.5, 0.6) is 11.5 Å². The zero-order valence-electron chi connectivity index (χ0n) is 17.0. The summed E-state index contributed by atoms with van der Waals surface area (Å²) >= 11 is 0. The molecule has 7 nitrogen and oxygen atoms in total. The van der Waals surface area contributed by atoms with E-state index in [0.717, 1.165) is 23.5 Å². The summed E-state index contributed by atoms with van der Waals surface area (Å²) < 4.78 is 22.4. The Labute approximate surface area is 179 Å². The average molecular weight is 415 g/mol. The van der Waals surface area contributed by atoms with E-state index < -0.39 is 0 Å². The van der Waals surface area contributed by atoms with E-state index in [0.29, 0.717) is 23.9 Å². The Balaban J connectivity index is 1.37. The SMILES string of the molecule is COc1ccc(CCNc2oc(-c3ccc(COc4ccccc4)o3)nc2C#N)cc1. The monoisotopic (exact) mass is 415 g/mol. The zero-order valence-corrected chi connectivity index (χ0v) is 17.0. The van der Waals surface area contributed by atoms with Crippen LogP contribution in [0, 0.1) is 11.3 Å². The fourth-order valence-electron chi connectivity index (χ4n) is 2.98. The molecule has 0 aliphatic rings. The molecule has 156 valence electrons. The molecule has 7 heteroatoms. The molecule has 0 saturated carbocycles. The molecule has 0 aliphatic heterocycles. The number of aromatic nitrogens is 1. The normalized spacial score (nSPS) is 10.5. The summed E-state index contributed by atoms with van der Waals surface area (Å²) in [6.07, 6.45) is 0.757. The van der Waals surface area contributed by atoms with Crippen molar-refractivity contribution in [3.63, 3.8) is 0 Å². The number of nitriles is 1. The summed E-state index contributed by atoms with van der Waals surface area (Å²) in [4.78, 5) is 4.24. The largest absolute Gasteiger partial charge is 0.497 e. The fraction of sp³-hybridized carbons (Fsp3) is 0.167. The Hall–Kier alpha value is -4.18. The van der Waals surface area contributed by atoms with Gasteiger partial charge in [-0.3, -0.25) is 0 Å². The maximum atomic E-state index is 9.39. The van der Waals surface area contributed by atoms with Crippen molar-refractivity contribution in [3.05, 3.63) is 83.7 Å². The molecule has 0 atom stereocenters. The molecule has 0 radical (unpaired) electrons. The summed E-state index contributed by atoms with van der Waals surface area (Å²) in [5, 5.41) is 12.5. The van der Waals surface area contributed by atoms with Crippen molar-refractivity contribution >= 4 is 5.88 Å². The molecule has 0 fully saturated rings. The zero-order chi connectivity index (χ0) is 21.5. The van der Waals surface area contributed by atoms with Gasteiger partial charge in [0.25, 0.3) is 5.89 Å². The standard InChI is InChI=1S/C24H21N3O4/c1-28-18-9-7-17(8-10-18)13-14-26-23-21(15-25)27-24(31-23)22-12-11-20(30-22)16-29-19-5-3-2-4-6-19/h2-12,26H,13-14,16H2,1H3. The molecule has 1 N–H and O–H groups in total. The van der Waals surface area contributed by atoms with Gasteiger partial charge in [0.1, 0.15) is 29.9 Å². The Morgan fingerprint density at radius 3 is 2.52 bits per heavy atom. The van der Waals surface area contributed by atoms with Gasteiger partial charge in [0, 0.05) is 6.54 Å². The Morgan fingerprint density at radius 2 is 1.77 bits per heavy atom. The topological polar surface area (TPSA) is 93.4 Å². The first-order chi connectivity index (χ1) is 15.2. The molecule has 4 rings (SSSR count). The summed E-state index contributed by atoms with van der Waals surface area (Å²) in [5.74, 6) is 3.21. The molecule has 4 aromatic rings. The van der Waals surface area contributed by atoms with E-state index in [1.54, 1.807) is 19.2 Å². The van der Waals surface area contributed by atoms with Crippen LogP contribution in [-0.2, 0) is 13.0 Å². The number of oxazole rings is 1. The van der Waals surface area contributed by atoms with Crippen molar-refractivity contribution in [1.82, 2.24) is 4.98 Å². The lowest BCUT2D eigenvalue weighted by molar-refractivity contribution is 0.271. The lowest BCUT2D eigenvalue weighted by Gasteiger charge is -2.04. The number of nitrogens with one attached hydrogen (secondary N) is 1. The third-order valence-electron chi connectivity index (χ3n) is 4.59. The van der Waals surface area contributed by atoms with Gasteiger partial charge in [-0.25, -0.2) is 0 Å². The molecular formula is C24H21N3O4. The number of benzene rings is 2.